The Labute approximate surface area is 145 Å². The first-order valence-electron chi connectivity index (χ1n) is 8.61. The van der Waals surface area contributed by atoms with E-state index in [-0.39, 0.29) is 30.7 Å². The van der Waals surface area contributed by atoms with Gasteiger partial charge in [0, 0.05) is 13.0 Å². The molecule has 0 saturated carbocycles. The van der Waals surface area contributed by atoms with E-state index < -0.39 is 17.9 Å². The third kappa shape index (κ3) is 2.26. The molecule has 25 heavy (non-hydrogen) atoms. The average molecular weight is 341 g/mol. The molecule has 0 unspecified atom stereocenters. The molecule has 1 aromatic rings. The van der Waals surface area contributed by atoms with Gasteiger partial charge in [-0.05, 0) is 38.3 Å². The van der Waals surface area contributed by atoms with Crippen molar-refractivity contribution in [3.05, 3.63) is 35.4 Å². The number of imide groups is 1. The second-order valence-electron chi connectivity index (χ2n) is 6.77. The summed E-state index contributed by atoms with van der Waals surface area (Å²) in [7, 11) is 0. The Balaban J connectivity index is 1.71. The smallest absolute Gasteiger partial charge is 0.264 e. The van der Waals surface area contributed by atoms with E-state index in [2.05, 4.69) is 0 Å². The normalized spacial score (nSPS) is 26.7. The standard InChI is InChI=1S/C18H19N3O4/c1-11-5-4-10-19-15(22)9-8-14(18(25)21(11)19)20-16(23)12-6-2-3-7-13(12)17(20)24/h2-3,6-7,11,14H,4-5,8-10H2,1H3/t11-,14+/m1/s1. The summed E-state index contributed by atoms with van der Waals surface area (Å²) < 4.78 is 0. The molecule has 130 valence electrons. The molecule has 7 heteroatoms. The van der Waals surface area contributed by atoms with Gasteiger partial charge in [-0.25, -0.2) is 5.01 Å². The molecule has 0 spiro atoms. The number of hydrogen-bond donors (Lipinski definition) is 0. The van der Waals surface area contributed by atoms with E-state index in [9.17, 15) is 19.2 Å². The second kappa shape index (κ2) is 5.68. The Bertz CT molecular complexity index is 755. The van der Waals surface area contributed by atoms with E-state index in [0.29, 0.717) is 17.7 Å². The van der Waals surface area contributed by atoms with Crippen LogP contribution in [-0.4, -0.2) is 57.2 Å². The summed E-state index contributed by atoms with van der Waals surface area (Å²) in [5, 5.41) is 2.96. The van der Waals surface area contributed by atoms with E-state index in [4.69, 9.17) is 0 Å². The maximum absolute atomic E-state index is 13.2. The lowest BCUT2D eigenvalue weighted by Crippen LogP contribution is -2.60. The van der Waals surface area contributed by atoms with Crippen molar-refractivity contribution in [2.45, 2.75) is 44.7 Å². The van der Waals surface area contributed by atoms with Crippen molar-refractivity contribution in [1.82, 2.24) is 14.9 Å². The minimum absolute atomic E-state index is 0.124. The van der Waals surface area contributed by atoms with E-state index in [1.165, 1.54) is 10.0 Å². The van der Waals surface area contributed by atoms with Crippen LogP contribution in [0.5, 0.6) is 0 Å². The fourth-order valence-corrected chi connectivity index (χ4v) is 3.98. The molecule has 3 aliphatic heterocycles. The maximum atomic E-state index is 13.2. The average Bonchev–Trinajstić information content (AvgIpc) is 2.78. The highest BCUT2D eigenvalue weighted by atomic mass is 16.2. The number of carbonyl (C=O) groups is 4. The lowest BCUT2D eigenvalue weighted by Gasteiger charge is -2.43. The van der Waals surface area contributed by atoms with Crippen LogP contribution in [0.25, 0.3) is 0 Å². The van der Waals surface area contributed by atoms with Crippen molar-refractivity contribution in [2.75, 3.05) is 6.54 Å². The van der Waals surface area contributed by atoms with Gasteiger partial charge in [0.2, 0.25) is 5.91 Å². The van der Waals surface area contributed by atoms with Gasteiger partial charge in [-0.2, -0.15) is 0 Å². The van der Waals surface area contributed by atoms with Crippen LogP contribution in [0.3, 0.4) is 0 Å². The molecule has 7 nitrogen and oxygen atoms in total. The summed E-state index contributed by atoms with van der Waals surface area (Å²) in [6.45, 7) is 2.39. The van der Waals surface area contributed by atoms with Crippen LogP contribution in [0.1, 0.15) is 53.3 Å². The van der Waals surface area contributed by atoms with Crippen LogP contribution in [0, 0.1) is 0 Å². The fraction of sp³-hybridized carbons (Fsp3) is 0.444. The van der Waals surface area contributed by atoms with Gasteiger partial charge < -0.3 is 0 Å². The van der Waals surface area contributed by atoms with Crippen LogP contribution in [0.2, 0.25) is 0 Å². The van der Waals surface area contributed by atoms with Gasteiger partial charge in [-0.1, -0.05) is 12.1 Å². The van der Waals surface area contributed by atoms with Gasteiger partial charge in [0.1, 0.15) is 6.04 Å². The van der Waals surface area contributed by atoms with Crippen molar-refractivity contribution in [2.24, 2.45) is 0 Å². The maximum Gasteiger partial charge on any atom is 0.264 e. The van der Waals surface area contributed by atoms with Crippen LogP contribution >= 0.6 is 0 Å². The summed E-state index contributed by atoms with van der Waals surface area (Å²) in [4.78, 5) is 52.1. The summed E-state index contributed by atoms with van der Waals surface area (Å²) in [6, 6.07) is 5.53. The quantitative estimate of drug-likeness (QED) is 0.719. The number of fused-ring (bicyclic) bond motifs is 2. The lowest BCUT2D eigenvalue weighted by atomic mass is 10.1. The van der Waals surface area contributed by atoms with E-state index in [1.54, 1.807) is 24.3 Å². The van der Waals surface area contributed by atoms with Gasteiger partial charge in [-0.3, -0.25) is 29.1 Å². The van der Waals surface area contributed by atoms with Crippen LogP contribution in [0.4, 0.5) is 0 Å². The predicted octanol–water partition coefficient (Wildman–Crippen LogP) is 1.20. The SMILES string of the molecule is C[C@@H]1CCCN2C(=O)CC[C@H](N3C(=O)c4ccccc4C3=O)C(=O)N12. The van der Waals surface area contributed by atoms with Crippen LogP contribution in [-0.2, 0) is 9.59 Å². The first-order valence-corrected chi connectivity index (χ1v) is 8.61. The second-order valence-corrected chi connectivity index (χ2v) is 6.77. The molecule has 0 aliphatic carbocycles. The highest BCUT2D eigenvalue weighted by Gasteiger charge is 2.48. The Morgan fingerprint density at radius 2 is 1.60 bits per heavy atom. The molecule has 2 saturated heterocycles. The Kier molecular flexibility index (Phi) is 3.59. The zero-order chi connectivity index (χ0) is 17.7. The molecular formula is C18H19N3O4. The first kappa shape index (κ1) is 15.8. The van der Waals surface area contributed by atoms with Crippen molar-refractivity contribution in [3.8, 4) is 0 Å². The van der Waals surface area contributed by atoms with E-state index in [1.807, 2.05) is 6.92 Å². The van der Waals surface area contributed by atoms with Crippen LogP contribution < -0.4 is 0 Å². The van der Waals surface area contributed by atoms with E-state index in [0.717, 1.165) is 17.7 Å². The minimum atomic E-state index is -0.929. The van der Waals surface area contributed by atoms with Gasteiger partial charge in [0.25, 0.3) is 17.7 Å². The molecule has 1 aromatic carbocycles. The molecule has 3 heterocycles. The first-order chi connectivity index (χ1) is 12.0. The molecule has 0 aromatic heterocycles. The van der Waals surface area contributed by atoms with Gasteiger partial charge in [-0.15, -0.1) is 0 Å². The summed E-state index contributed by atoms with van der Waals surface area (Å²) in [5.74, 6) is -1.37. The number of carbonyl (C=O) groups excluding carboxylic acids is 4. The Hall–Kier alpha value is -2.70. The van der Waals surface area contributed by atoms with E-state index >= 15 is 0 Å². The summed E-state index contributed by atoms with van der Waals surface area (Å²) in [6.07, 6.45) is 1.95. The molecule has 2 fully saturated rings. The Morgan fingerprint density at radius 1 is 0.960 bits per heavy atom. The lowest BCUT2D eigenvalue weighted by molar-refractivity contribution is -0.172. The van der Waals surface area contributed by atoms with Crippen molar-refractivity contribution in [1.29, 1.82) is 0 Å². The topological polar surface area (TPSA) is 78.0 Å². The third-order valence-electron chi connectivity index (χ3n) is 5.24. The van der Waals surface area contributed by atoms with Crippen molar-refractivity contribution < 1.29 is 19.2 Å². The van der Waals surface area contributed by atoms with Crippen molar-refractivity contribution in [3.63, 3.8) is 0 Å². The number of nitrogens with zero attached hydrogens (tertiary/aromatic N) is 3. The number of rotatable bonds is 1. The predicted molar refractivity (Wildman–Crippen MR) is 87.2 cm³/mol. The molecule has 0 bridgehead atoms. The van der Waals surface area contributed by atoms with Gasteiger partial charge >= 0.3 is 0 Å². The van der Waals surface area contributed by atoms with Gasteiger partial charge in [0.15, 0.2) is 0 Å². The molecule has 4 rings (SSSR count). The highest BCUT2D eigenvalue weighted by molar-refractivity contribution is 6.23. The van der Waals surface area contributed by atoms with Crippen molar-refractivity contribution >= 4 is 23.6 Å². The minimum Gasteiger partial charge on any atom is -0.273 e. The zero-order valence-electron chi connectivity index (χ0n) is 14.0. The molecular weight excluding hydrogens is 322 g/mol. The zero-order valence-corrected chi connectivity index (χ0v) is 14.0. The summed E-state index contributed by atoms with van der Waals surface area (Å²) in [5.41, 5.74) is 0.638. The molecule has 0 radical (unpaired) electrons. The highest BCUT2D eigenvalue weighted by Crippen LogP contribution is 2.31. The number of benzene rings is 1. The molecule has 4 amide bonds. The Morgan fingerprint density at radius 3 is 2.24 bits per heavy atom. The molecule has 3 aliphatic rings. The number of hydrazine groups is 1. The van der Waals surface area contributed by atoms with Gasteiger partial charge in [0.05, 0.1) is 17.2 Å². The number of hydrogen-bond acceptors (Lipinski definition) is 4. The molecule has 2 atom stereocenters. The largest absolute Gasteiger partial charge is 0.273 e. The monoisotopic (exact) mass is 341 g/mol. The third-order valence-corrected chi connectivity index (χ3v) is 5.24. The fourth-order valence-electron chi connectivity index (χ4n) is 3.98. The number of amides is 4. The van der Waals surface area contributed by atoms with Crippen LogP contribution in [0.15, 0.2) is 24.3 Å². The summed E-state index contributed by atoms with van der Waals surface area (Å²) >= 11 is 0. The molecule has 0 N–H and O–H groups in total.